The number of nitrogens with zero attached hydrogens (tertiary/aromatic N) is 1. The first-order valence-corrected chi connectivity index (χ1v) is 5.19. The van der Waals surface area contributed by atoms with E-state index in [-0.39, 0.29) is 11.5 Å². The van der Waals surface area contributed by atoms with Crippen LogP contribution in [0.2, 0.25) is 0 Å². The molecule has 0 amide bonds. The van der Waals surface area contributed by atoms with E-state index in [1.165, 1.54) is 12.4 Å². The SMILES string of the molecule is CC(C)CN=CC(=CN)C(O)(O)C(C)C. The second-order valence-corrected chi connectivity index (χ2v) is 4.39. The van der Waals surface area contributed by atoms with Gasteiger partial charge in [0, 0.05) is 30.5 Å². The molecule has 0 saturated carbocycles. The van der Waals surface area contributed by atoms with Gasteiger partial charge in [0.15, 0.2) is 5.79 Å². The van der Waals surface area contributed by atoms with E-state index in [9.17, 15) is 10.2 Å². The zero-order valence-electron chi connectivity index (χ0n) is 9.94. The summed E-state index contributed by atoms with van der Waals surface area (Å²) in [6, 6.07) is 0. The molecular weight excluding hydrogens is 192 g/mol. The number of hydrogen-bond acceptors (Lipinski definition) is 4. The molecule has 0 atom stereocenters. The summed E-state index contributed by atoms with van der Waals surface area (Å²) in [6.07, 6.45) is 2.61. The Hall–Kier alpha value is -0.870. The van der Waals surface area contributed by atoms with Crippen LogP contribution in [0.5, 0.6) is 0 Å². The van der Waals surface area contributed by atoms with E-state index in [0.717, 1.165) is 0 Å². The van der Waals surface area contributed by atoms with Crippen LogP contribution in [0.4, 0.5) is 0 Å². The van der Waals surface area contributed by atoms with Crippen LogP contribution in [0.3, 0.4) is 0 Å². The molecule has 0 aliphatic rings. The molecular formula is C11H22N2O2. The summed E-state index contributed by atoms with van der Waals surface area (Å²) in [5.74, 6) is -1.81. The Kier molecular flexibility index (Phi) is 5.54. The highest BCUT2D eigenvalue weighted by Crippen LogP contribution is 2.20. The van der Waals surface area contributed by atoms with Gasteiger partial charge in [-0.05, 0) is 5.92 Å². The molecule has 0 spiro atoms. The van der Waals surface area contributed by atoms with Gasteiger partial charge >= 0.3 is 0 Å². The molecule has 0 saturated heterocycles. The molecule has 0 aliphatic heterocycles. The van der Waals surface area contributed by atoms with E-state index in [2.05, 4.69) is 4.99 Å². The third kappa shape index (κ3) is 4.44. The highest BCUT2D eigenvalue weighted by molar-refractivity contribution is 5.80. The lowest BCUT2D eigenvalue weighted by atomic mass is 9.96. The predicted octanol–water partition coefficient (Wildman–Crippen LogP) is 0.893. The second kappa shape index (κ2) is 5.88. The quantitative estimate of drug-likeness (QED) is 0.470. The number of aliphatic imine (C=N–C) groups is 1. The lowest BCUT2D eigenvalue weighted by molar-refractivity contribution is -0.155. The summed E-state index contributed by atoms with van der Waals surface area (Å²) >= 11 is 0. The van der Waals surface area contributed by atoms with E-state index < -0.39 is 5.79 Å². The molecule has 0 aromatic rings. The van der Waals surface area contributed by atoms with Crippen molar-refractivity contribution in [3.05, 3.63) is 11.8 Å². The van der Waals surface area contributed by atoms with Crippen LogP contribution in [0, 0.1) is 11.8 Å². The van der Waals surface area contributed by atoms with Crippen molar-refractivity contribution in [2.24, 2.45) is 22.6 Å². The van der Waals surface area contributed by atoms with Gasteiger partial charge in [-0.15, -0.1) is 0 Å². The first-order valence-electron chi connectivity index (χ1n) is 5.19. The maximum absolute atomic E-state index is 9.73. The van der Waals surface area contributed by atoms with Crippen LogP contribution in [0.25, 0.3) is 0 Å². The van der Waals surface area contributed by atoms with Gasteiger partial charge in [-0.3, -0.25) is 4.99 Å². The zero-order chi connectivity index (χ0) is 12.1. The summed E-state index contributed by atoms with van der Waals surface area (Å²) in [4.78, 5) is 4.10. The smallest absolute Gasteiger partial charge is 0.195 e. The second-order valence-electron chi connectivity index (χ2n) is 4.39. The molecule has 4 nitrogen and oxygen atoms in total. The van der Waals surface area contributed by atoms with Gasteiger partial charge in [-0.1, -0.05) is 27.7 Å². The van der Waals surface area contributed by atoms with Crippen molar-refractivity contribution >= 4 is 6.21 Å². The van der Waals surface area contributed by atoms with Gasteiger partial charge < -0.3 is 15.9 Å². The van der Waals surface area contributed by atoms with E-state index in [4.69, 9.17) is 5.73 Å². The van der Waals surface area contributed by atoms with Gasteiger partial charge in [-0.25, -0.2) is 0 Å². The Labute approximate surface area is 91.5 Å². The first kappa shape index (κ1) is 14.1. The third-order valence-electron chi connectivity index (χ3n) is 2.11. The van der Waals surface area contributed by atoms with Crippen molar-refractivity contribution in [1.82, 2.24) is 0 Å². The average molecular weight is 214 g/mol. The lowest BCUT2D eigenvalue weighted by Gasteiger charge is -2.26. The van der Waals surface area contributed by atoms with E-state index in [1.54, 1.807) is 13.8 Å². The van der Waals surface area contributed by atoms with Crippen molar-refractivity contribution in [3.8, 4) is 0 Å². The van der Waals surface area contributed by atoms with Crippen LogP contribution >= 0.6 is 0 Å². The highest BCUT2D eigenvalue weighted by atomic mass is 16.5. The average Bonchev–Trinajstić information content (AvgIpc) is 2.11. The van der Waals surface area contributed by atoms with Crippen molar-refractivity contribution in [1.29, 1.82) is 0 Å². The summed E-state index contributed by atoms with van der Waals surface area (Å²) in [6.45, 7) is 8.14. The minimum Gasteiger partial charge on any atom is -0.404 e. The summed E-state index contributed by atoms with van der Waals surface area (Å²) in [5.41, 5.74) is 5.57. The number of rotatable bonds is 5. The van der Waals surface area contributed by atoms with Gasteiger partial charge in [0.2, 0.25) is 0 Å². The maximum atomic E-state index is 9.73. The van der Waals surface area contributed by atoms with Crippen molar-refractivity contribution in [2.45, 2.75) is 33.5 Å². The molecule has 4 heteroatoms. The molecule has 4 N–H and O–H groups in total. The van der Waals surface area contributed by atoms with Crippen molar-refractivity contribution in [3.63, 3.8) is 0 Å². The van der Waals surface area contributed by atoms with E-state index >= 15 is 0 Å². The molecule has 0 unspecified atom stereocenters. The number of hydrogen-bond donors (Lipinski definition) is 3. The van der Waals surface area contributed by atoms with E-state index in [1.807, 2.05) is 13.8 Å². The standard InChI is InChI=1S/C11H22N2O2/c1-8(2)6-13-7-10(5-12)11(14,15)9(3)4/h5,7-9,14-15H,6,12H2,1-4H3. The molecule has 0 aliphatic carbocycles. The van der Waals surface area contributed by atoms with Gasteiger partial charge in [0.1, 0.15) is 0 Å². The van der Waals surface area contributed by atoms with Gasteiger partial charge in [-0.2, -0.15) is 0 Å². The maximum Gasteiger partial charge on any atom is 0.195 e. The fourth-order valence-electron chi connectivity index (χ4n) is 0.956. The van der Waals surface area contributed by atoms with Crippen LogP contribution in [-0.4, -0.2) is 28.8 Å². The Morgan fingerprint density at radius 2 is 1.87 bits per heavy atom. The molecule has 0 aromatic heterocycles. The van der Waals surface area contributed by atoms with Crippen LogP contribution < -0.4 is 5.73 Å². The summed E-state index contributed by atoms with van der Waals surface area (Å²) in [7, 11) is 0. The number of nitrogens with two attached hydrogens (primary N) is 1. The molecule has 0 fully saturated rings. The molecule has 0 aromatic carbocycles. The first-order chi connectivity index (χ1) is 6.82. The topological polar surface area (TPSA) is 78.8 Å². The van der Waals surface area contributed by atoms with Gasteiger partial charge in [0.05, 0.1) is 0 Å². The Morgan fingerprint density at radius 1 is 1.33 bits per heavy atom. The van der Waals surface area contributed by atoms with Gasteiger partial charge in [0.25, 0.3) is 0 Å². The van der Waals surface area contributed by atoms with Crippen LogP contribution in [0.1, 0.15) is 27.7 Å². The minimum absolute atomic E-state index is 0.234. The molecule has 15 heavy (non-hydrogen) atoms. The molecule has 0 rings (SSSR count). The van der Waals surface area contributed by atoms with Crippen molar-refractivity contribution < 1.29 is 10.2 Å². The summed E-state index contributed by atoms with van der Waals surface area (Å²) in [5, 5.41) is 19.5. The fraction of sp³-hybridized carbons (Fsp3) is 0.727. The predicted molar refractivity (Wildman–Crippen MR) is 62.5 cm³/mol. The molecule has 0 heterocycles. The van der Waals surface area contributed by atoms with Crippen LogP contribution in [0.15, 0.2) is 16.8 Å². The lowest BCUT2D eigenvalue weighted by Crippen LogP contribution is -2.38. The summed E-state index contributed by atoms with van der Waals surface area (Å²) < 4.78 is 0. The Morgan fingerprint density at radius 3 is 2.20 bits per heavy atom. The normalized spacial score (nSPS) is 14.5. The largest absolute Gasteiger partial charge is 0.404 e. The zero-order valence-corrected chi connectivity index (χ0v) is 9.94. The monoisotopic (exact) mass is 214 g/mol. The Bertz CT molecular complexity index is 243. The third-order valence-corrected chi connectivity index (χ3v) is 2.11. The molecule has 0 bridgehead atoms. The van der Waals surface area contributed by atoms with E-state index in [0.29, 0.717) is 12.5 Å². The molecule has 0 radical (unpaired) electrons. The number of aliphatic hydroxyl groups is 2. The fourth-order valence-corrected chi connectivity index (χ4v) is 0.956. The van der Waals surface area contributed by atoms with Crippen LogP contribution in [-0.2, 0) is 0 Å². The Balaban J connectivity index is 4.59. The molecule has 88 valence electrons. The minimum atomic E-state index is -1.91. The highest BCUT2D eigenvalue weighted by Gasteiger charge is 2.31. The van der Waals surface area contributed by atoms with Crippen molar-refractivity contribution in [2.75, 3.05) is 6.54 Å².